The molecule has 1 unspecified atom stereocenters. The molecule has 2 aliphatic heterocycles. The van der Waals surface area contributed by atoms with E-state index in [1.165, 1.54) is 28.0 Å². The van der Waals surface area contributed by atoms with Crippen LogP contribution in [-0.4, -0.2) is 43.2 Å². The van der Waals surface area contributed by atoms with E-state index < -0.39 is 11.1 Å². The van der Waals surface area contributed by atoms with Crippen LogP contribution in [-0.2, 0) is 19.5 Å². The Kier molecular flexibility index (Phi) is 4.62. The minimum absolute atomic E-state index is 0.100. The third-order valence-corrected chi connectivity index (χ3v) is 6.82. The number of amides is 1. The standard InChI is InChI=1S/C21H20FN5O3S/c1-13-23-16(10-31-13)18(28)25-7-6-21(11-25)8-17-24-27(20(30)19(29)26(17)12-21)9-14-2-4-15(22)5-3-14/h2-5,10H,6-9,11-12H2,1H3. The Morgan fingerprint density at radius 3 is 2.68 bits per heavy atom. The Morgan fingerprint density at radius 2 is 1.97 bits per heavy atom. The van der Waals surface area contributed by atoms with Crippen LogP contribution < -0.4 is 11.1 Å². The van der Waals surface area contributed by atoms with E-state index in [1.54, 1.807) is 22.4 Å². The second kappa shape index (κ2) is 7.23. The fourth-order valence-corrected chi connectivity index (χ4v) is 5.06. The molecule has 0 aliphatic carbocycles. The van der Waals surface area contributed by atoms with Gasteiger partial charge in [0.05, 0.1) is 11.6 Å². The van der Waals surface area contributed by atoms with Crippen LogP contribution in [0, 0.1) is 18.2 Å². The maximum atomic E-state index is 13.1. The molecule has 1 atom stereocenters. The van der Waals surface area contributed by atoms with Gasteiger partial charge in [0.25, 0.3) is 5.91 Å². The summed E-state index contributed by atoms with van der Waals surface area (Å²) in [6.07, 6.45) is 1.25. The number of benzene rings is 1. The number of likely N-dealkylation sites (tertiary alicyclic amines) is 1. The fraction of sp³-hybridized carbons (Fsp3) is 0.381. The van der Waals surface area contributed by atoms with Crippen LogP contribution >= 0.6 is 11.3 Å². The number of carbonyl (C=O) groups is 1. The third kappa shape index (κ3) is 3.50. The van der Waals surface area contributed by atoms with E-state index in [1.807, 2.05) is 6.92 Å². The van der Waals surface area contributed by atoms with Crippen LogP contribution in [0.15, 0.2) is 39.2 Å². The zero-order valence-corrected chi connectivity index (χ0v) is 17.7. The highest BCUT2D eigenvalue weighted by Gasteiger charge is 2.46. The van der Waals surface area contributed by atoms with E-state index in [4.69, 9.17) is 0 Å². The topological polar surface area (TPSA) is 90.1 Å². The number of hydrogen-bond donors (Lipinski definition) is 0. The van der Waals surface area contributed by atoms with Crippen LogP contribution in [0.4, 0.5) is 4.39 Å². The molecule has 0 radical (unpaired) electrons. The SMILES string of the molecule is Cc1nc(C(=O)N2CCC3(Cc4nn(Cc5ccc(F)cc5)c(=O)c(=O)n4C3)C2)cs1. The number of rotatable bonds is 3. The van der Waals surface area contributed by atoms with E-state index in [0.29, 0.717) is 43.1 Å². The third-order valence-electron chi connectivity index (χ3n) is 6.05. The van der Waals surface area contributed by atoms with Gasteiger partial charge in [0.15, 0.2) is 0 Å². The van der Waals surface area contributed by atoms with Crippen molar-refractivity contribution in [1.82, 2.24) is 24.2 Å². The van der Waals surface area contributed by atoms with Crippen LogP contribution in [0.2, 0.25) is 0 Å². The molecule has 1 spiro atoms. The summed E-state index contributed by atoms with van der Waals surface area (Å²) in [5, 5.41) is 7.05. The lowest BCUT2D eigenvalue weighted by Gasteiger charge is -2.22. The minimum Gasteiger partial charge on any atom is -0.337 e. The summed E-state index contributed by atoms with van der Waals surface area (Å²) in [6.45, 7) is 3.42. The van der Waals surface area contributed by atoms with Crippen LogP contribution in [0.5, 0.6) is 0 Å². The molecule has 2 aromatic heterocycles. The van der Waals surface area contributed by atoms with E-state index in [2.05, 4.69) is 10.1 Å². The number of thiazole rings is 1. The lowest BCUT2D eigenvalue weighted by atomic mass is 9.86. The minimum atomic E-state index is -0.700. The maximum Gasteiger partial charge on any atom is 0.332 e. The summed E-state index contributed by atoms with van der Waals surface area (Å²) >= 11 is 1.44. The molecular weight excluding hydrogens is 421 g/mol. The van der Waals surface area contributed by atoms with E-state index in [9.17, 15) is 18.8 Å². The molecule has 1 fully saturated rings. The lowest BCUT2D eigenvalue weighted by molar-refractivity contribution is 0.0766. The summed E-state index contributed by atoms with van der Waals surface area (Å²) in [4.78, 5) is 44.2. The molecule has 0 saturated carbocycles. The lowest BCUT2D eigenvalue weighted by Crippen LogP contribution is -2.43. The molecule has 160 valence electrons. The highest BCUT2D eigenvalue weighted by atomic mass is 32.1. The molecule has 5 rings (SSSR count). The van der Waals surface area contributed by atoms with Crippen molar-refractivity contribution >= 4 is 17.2 Å². The van der Waals surface area contributed by atoms with Gasteiger partial charge in [-0.15, -0.1) is 11.3 Å². The first kappa shape index (κ1) is 19.8. The van der Waals surface area contributed by atoms with Crippen molar-refractivity contribution < 1.29 is 9.18 Å². The predicted octanol–water partition coefficient (Wildman–Crippen LogP) is 1.45. The fourth-order valence-electron chi connectivity index (χ4n) is 4.48. The van der Waals surface area contributed by atoms with Gasteiger partial charge in [-0.25, -0.2) is 14.1 Å². The molecule has 0 bridgehead atoms. The van der Waals surface area contributed by atoms with Gasteiger partial charge in [0, 0.05) is 36.9 Å². The smallest absolute Gasteiger partial charge is 0.332 e. The average molecular weight is 441 g/mol. The number of hydrogen-bond acceptors (Lipinski definition) is 6. The number of nitrogens with zero attached hydrogens (tertiary/aromatic N) is 5. The Labute approximate surface area is 180 Å². The molecule has 3 aromatic rings. The Balaban J connectivity index is 1.39. The molecule has 8 nitrogen and oxygen atoms in total. The summed E-state index contributed by atoms with van der Waals surface area (Å²) < 4.78 is 15.7. The monoisotopic (exact) mass is 441 g/mol. The van der Waals surface area contributed by atoms with Crippen LogP contribution in [0.3, 0.4) is 0 Å². The Hall–Kier alpha value is -3.14. The quantitative estimate of drug-likeness (QED) is 0.574. The van der Waals surface area contributed by atoms with Gasteiger partial charge in [-0.2, -0.15) is 5.10 Å². The number of aryl methyl sites for hydroxylation is 1. The van der Waals surface area contributed by atoms with E-state index in [0.717, 1.165) is 16.1 Å². The van der Waals surface area contributed by atoms with Gasteiger partial charge >= 0.3 is 11.1 Å². The number of carbonyl (C=O) groups excluding carboxylic acids is 1. The summed E-state index contributed by atoms with van der Waals surface area (Å²) in [5.41, 5.74) is -0.479. The highest BCUT2D eigenvalue weighted by molar-refractivity contribution is 7.09. The normalized spacial score (nSPS) is 19.9. The zero-order valence-electron chi connectivity index (χ0n) is 16.9. The Bertz CT molecular complexity index is 1300. The van der Waals surface area contributed by atoms with Crippen molar-refractivity contribution in [3.05, 3.63) is 78.3 Å². The molecule has 2 aliphatic rings. The van der Waals surface area contributed by atoms with Gasteiger partial charge < -0.3 is 4.90 Å². The predicted molar refractivity (Wildman–Crippen MR) is 112 cm³/mol. The summed E-state index contributed by atoms with van der Waals surface area (Å²) in [6, 6.07) is 5.75. The molecule has 0 N–H and O–H groups in total. The van der Waals surface area contributed by atoms with Gasteiger partial charge in [-0.05, 0) is 31.0 Å². The highest BCUT2D eigenvalue weighted by Crippen LogP contribution is 2.39. The van der Waals surface area contributed by atoms with Gasteiger partial charge in [0.2, 0.25) is 0 Å². The zero-order chi connectivity index (χ0) is 21.8. The van der Waals surface area contributed by atoms with Gasteiger partial charge in [-0.1, -0.05) is 12.1 Å². The summed E-state index contributed by atoms with van der Waals surface area (Å²) in [5.74, 6) is 0.0760. The summed E-state index contributed by atoms with van der Waals surface area (Å²) in [7, 11) is 0. The van der Waals surface area contributed by atoms with Gasteiger partial charge in [0.1, 0.15) is 17.3 Å². The molecule has 1 saturated heterocycles. The van der Waals surface area contributed by atoms with Crippen molar-refractivity contribution in [3.8, 4) is 0 Å². The van der Waals surface area contributed by atoms with Crippen molar-refractivity contribution in [1.29, 1.82) is 0 Å². The van der Waals surface area contributed by atoms with E-state index >= 15 is 0 Å². The number of aromatic nitrogens is 4. The Morgan fingerprint density at radius 1 is 1.19 bits per heavy atom. The van der Waals surface area contributed by atoms with Gasteiger partial charge in [-0.3, -0.25) is 19.0 Å². The molecule has 1 aromatic carbocycles. The van der Waals surface area contributed by atoms with Crippen molar-refractivity contribution in [2.24, 2.45) is 5.41 Å². The molecule has 31 heavy (non-hydrogen) atoms. The number of fused-ring (bicyclic) bond motifs is 1. The van der Waals surface area contributed by atoms with Crippen LogP contribution in [0.25, 0.3) is 0 Å². The maximum absolute atomic E-state index is 13.1. The van der Waals surface area contributed by atoms with Crippen molar-refractivity contribution in [3.63, 3.8) is 0 Å². The molecule has 4 heterocycles. The molecular formula is C21H20FN5O3S. The second-order valence-electron chi connectivity index (χ2n) is 8.30. The first-order chi connectivity index (χ1) is 14.8. The van der Waals surface area contributed by atoms with Crippen LogP contribution in [0.1, 0.15) is 33.3 Å². The molecule has 1 amide bonds. The van der Waals surface area contributed by atoms with Crippen molar-refractivity contribution in [2.45, 2.75) is 32.9 Å². The first-order valence-corrected chi connectivity index (χ1v) is 10.9. The second-order valence-corrected chi connectivity index (χ2v) is 9.36. The van der Waals surface area contributed by atoms with Crippen molar-refractivity contribution in [2.75, 3.05) is 13.1 Å². The first-order valence-electron chi connectivity index (χ1n) is 10.0. The largest absolute Gasteiger partial charge is 0.337 e. The number of halogens is 1. The van der Waals surface area contributed by atoms with E-state index in [-0.39, 0.29) is 23.7 Å². The molecule has 10 heteroatoms. The average Bonchev–Trinajstić information content (AvgIpc) is 3.46.